The fourth-order valence-corrected chi connectivity index (χ4v) is 3.57. The van der Waals surface area contributed by atoms with Crippen molar-refractivity contribution < 1.29 is 9.53 Å². The second-order valence-electron chi connectivity index (χ2n) is 7.61. The average molecular weight is 368 g/mol. The molecule has 26 heavy (non-hydrogen) atoms. The molecule has 0 heterocycles. The smallest absolute Gasteiger partial charge is 0.407 e. The maximum Gasteiger partial charge on any atom is 0.407 e. The maximum atomic E-state index is 11.7. The van der Waals surface area contributed by atoms with Gasteiger partial charge in [0, 0.05) is 6.04 Å². The molecule has 1 N–H and O–H groups in total. The predicted molar refractivity (Wildman–Crippen MR) is 114 cm³/mol. The van der Waals surface area contributed by atoms with Gasteiger partial charge < -0.3 is 10.1 Å². The lowest BCUT2D eigenvalue weighted by Crippen LogP contribution is -2.39. The molecule has 0 aliphatic rings. The molecule has 3 heteroatoms. The van der Waals surface area contributed by atoms with Crippen LogP contribution in [0.15, 0.2) is 12.7 Å². The summed E-state index contributed by atoms with van der Waals surface area (Å²) in [5.41, 5.74) is 0. The number of ether oxygens (including phenoxy) is 1. The van der Waals surface area contributed by atoms with Crippen LogP contribution in [0.3, 0.4) is 0 Å². The molecule has 0 saturated heterocycles. The third kappa shape index (κ3) is 14.2. The first kappa shape index (κ1) is 25.0. The highest BCUT2D eigenvalue weighted by Gasteiger charge is 2.20. The van der Waals surface area contributed by atoms with Gasteiger partial charge in [-0.25, -0.2) is 4.79 Å². The van der Waals surface area contributed by atoms with E-state index in [9.17, 15) is 4.79 Å². The van der Waals surface area contributed by atoms with Crippen LogP contribution in [0.25, 0.3) is 0 Å². The van der Waals surface area contributed by atoms with Crippen molar-refractivity contribution in [3.05, 3.63) is 12.7 Å². The number of nitrogens with one attached hydrogen (secondary N) is 1. The molecule has 0 spiro atoms. The zero-order chi connectivity index (χ0) is 19.5. The maximum absolute atomic E-state index is 11.7. The normalized spacial score (nSPS) is 13.2. The first-order valence-corrected chi connectivity index (χ1v) is 11.2. The van der Waals surface area contributed by atoms with E-state index in [0.29, 0.717) is 5.92 Å². The lowest BCUT2D eigenvalue weighted by atomic mass is 9.89. The SMILES string of the molecule is C=CC(CCCCCCCCC)C(CCCCCCCC)NC(=O)OC. The summed E-state index contributed by atoms with van der Waals surface area (Å²) in [6.45, 7) is 8.53. The molecule has 0 fully saturated rings. The van der Waals surface area contributed by atoms with Gasteiger partial charge >= 0.3 is 6.09 Å². The summed E-state index contributed by atoms with van der Waals surface area (Å²) in [4.78, 5) is 11.7. The van der Waals surface area contributed by atoms with Gasteiger partial charge in [-0.15, -0.1) is 6.58 Å². The number of hydrogen-bond donors (Lipinski definition) is 1. The fourth-order valence-electron chi connectivity index (χ4n) is 3.57. The molecule has 3 nitrogen and oxygen atoms in total. The first-order chi connectivity index (χ1) is 12.7. The highest BCUT2D eigenvalue weighted by Crippen LogP contribution is 2.21. The molecule has 2 atom stereocenters. The summed E-state index contributed by atoms with van der Waals surface area (Å²) >= 11 is 0. The van der Waals surface area contributed by atoms with E-state index in [2.05, 4.69) is 25.7 Å². The van der Waals surface area contributed by atoms with Gasteiger partial charge in [0.1, 0.15) is 0 Å². The van der Waals surface area contributed by atoms with Gasteiger partial charge in [0.2, 0.25) is 0 Å². The molecule has 0 saturated carbocycles. The van der Waals surface area contributed by atoms with Crippen LogP contribution >= 0.6 is 0 Å². The van der Waals surface area contributed by atoms with Crippen molar-refractivity contribution in [1.82, 2.24) is 5.32 Å². The Bertz CT molecular complexity index is 330. The molecule has 154 valence electrons. The highest BCUT2D eigenvalue weighted by molar-refractivity contribution is 5.67. The Morgan fingerprint density at radius 2 is 1.31 bits per heavy atom. The van der Waals surface area contributed by atoms with Gasteiger partial charge in [-0.1, -0.05) is 103 Å². The van der Waals surface area contributed by atoms with Gasteiger partial charge in [-0.3, -0.25) is 0 Å². The molecule has 0 bridgehead atoms. The van der Waals surface area contributed by atoms with E-state index in [1.807, 2.05) is 6.08 Å². The van der Waals surface area contributed by atoms with Crippen LogP contribution in [0.2, 0.25) is 0 Å². The molecule has 0 aliphatic heterocycles. The lowest BCUT2D eigenvalue weighted by molar-refractivity contribution is 0.161. The van der Waals surface area contributed by atoms with E-state index in [-0.39, 0.29) is 12.1 Å². The van der Waals surface area contributed by atoms with E-state index in [1.54, 1.807) is 0 Å². The van der Waals surface area contributed by atoms with E-state index < -0.39 is 0 Å². The molecule has 0 aromatic carbocycles. The van der Waals surface area contributed by atoms with Crippen molar-refractivity contribution in [1.29, 1.82) is 0 Å². The number of amides is 1. The molecule has 0 rings (SSSR count). The average Bonchev–Trinajstić information content (AvgIpc) is 2.66. The monoisotopic (exact) mass is 367 g/mol. The Kier molecular flexibility index (Phi) is 18.1. The lowest BCUT2D eigenvalue weighted by Gasteiger charge is -2.25. The molecule has 0 aromatic rings. The second kappa shape index (κ2) is 18.8. The van der Waals surface area contributed by atoms with E-state index in [0.717, 1.165) is 12.8 Å². The topological polar surface area (TPSA) is 38.3 Å². The molecule has 2 unspecified atom stereocenters. The Labute approximate surface area is 163 Å². The number of unbranched alkanes of at least 4 members (excludes halogenated alkanes) is 11. The minimum atomic E-state index is -0.313. The number of rotatable bonds is 18. The Hall–Kier alpha value is -0.990. The van der Waals surface area contributed by atoms with Crippen LogP contribution < -0.4 is 5.32 Å². The van der Waals surface area contributed by atoms with Crippen LogP contribution in [-0.4, -0.2) is 19.2 Å². The molecule has 0 aliphatic carbocycles. The number of methoxy groups -OCH3 is 1. The van der Waals surface area contributed by atoms with Gasteiger partial charge in [0.15, 0.2) is 0 Å². The van der Waals surface area contributed by atoms with E-state index in [1.165, 1.54) is 90.6 Å². The van der Waals surface area contributed by atoms with Gasteiger partial charge in [0.25, 0.3) is 0 Å². The Balaban J connectivity index is 4.20. The number of carbonyl (C=O) groups is 1. The molecule has 0 aromatic heterocycles. The molecular formula is C23H45NO2. The molecule has 0 radical (unpaired) electrons. The number of carbonyl (C=O) groups excluding carboxylic acids is 1. The second-order valence-corrected chi connectivity index (χ2v) is 7.61. The van der Waals surface area contributed by atoms with Crippen molar-refractivity contribution in [3.63, 3.8) is 0 Å². The van der Waals surface area contributed by atoms with Crippen LogP contribution in [0, 0.1) is 5.92 Å². The fraction of sp³-hybridized carbons (Fsp3) is 0.870. The van der Waals surface area contributed by atoms with Crippen molar-refractivity contribution in [2.75, 3.05) is 7.11 Å². The zero-order valence-corrected chi connectivity index (χ0v) is 17.9. The predicted octanol–water partition coefficient (Wildman–Crippen LogP) is 7.40. The van der Waals surface area contributed by atoms with Crippen molar-refractivity contribution in [3.8, 4) is 0 Å². The summed E-state index contributed by atoms with van der Waals surface area (Å²) in [5.74, 6) is 0.348. The highest BCUT2D eigenvalue weighted by atomic mass is 16.5. The van der Waals surface area contributed by atoms with Crippen molar-refractivity contribution in [2.24, 2.45) is 5.92 Å². The van der Waals surface area contributed by atoms with E-state index in [4.69, 9.17) is 4.74 Å². The zero-order valence-electron chi connectivity index (χ0n) is 17.9. The summed E-state index contributed by atoms with van der Waals surface area (Å²) in [5, 5.41) is 3.06. The number of hydrogen-bond acceptors (Lipinski definition) is 2. The Morgan fingerprint density at radius 1 is 0.846 bits per heavy atom. The van der Waals surface area contributed by atoms with Gasteiger partial charge in [-0.2, -0.15) is 0 Å². The Morgan fingerprint density at radius 3 is 1.77 bits per heavy atom. The van der Waals surface area contributed by atoms with Crippen LogP contribution in [-0.2, 0) is 4.74 Å². The molecular weight excluding hydrogens is 322 g/mol. The summed E-state index contributed by atoms with van der Waals surface area (Å²) < 4.78 is 4.83. The van der Waals surface area contributed by atoms with Crippen molar-refractivity contribution in [2.45, 2.75) is 116 Å². The summed E-state index contributed by atoms with van der Waals surface area (Å²) in [7, 11) is 1.44. The van der Waals surface area contributed by atoms with E-state index >= 15 is 0 Å². The third-order valence-electron chi connectivity index (χ3n) is 5.32. The summed E-state index contributed by atoms with van der Waals surface area (Å²) in [6, 6.07) is 0.159. The quantitative estimate of drug-likeness (QED) is 0.202. The number of alkyl carbamates (subject to hydrolysis) is 1. The first-order valence-electron chi connectivity index (χ1n) is 11.2. The minimum Gasteiger partial charge on any atom is -0.453 e. The standard InChI is InChI=1S/C23H45NO2/c1-5-8-10-12-14-15-17-19-21(7-3)22(24-23(25)26-4)20-18-16-13-11-9-6-2/h7,21-22H,3,5-6,8-20H2,1-2,4H3,(H,24,25). The minimum absolute atomic E-state index is 0.159. The largest absolute Gasteiger partial charge is 0.453 e. The third-order valence-corrected chi connectivity index (χ3v) is 5.32. The van der Waals surface area contributed by atoms with Crippen molar-refractivity contribution >= 4 is 6.09 Å². The van der Waals surface area contributed by atoms with Gasteiger partial charge in [0.05, 0.1) is 7.11 Å². The van der Waals surface area contributed by atoms with Gasteiger partial charge in [-0.05, 0) is 18.8 Å². The van der Waals surface area contributed by atoms with Crippen LogP contribution in [0.5, 0.6) is 0 Å². The van der Waals surface area contributed by atoms with Crippen LogP contribution in [0.4, 0.5) is 4.79 Å². The molecule has 1 amide bonds. The summed E-state index contributed by atoms with van der Waals surface area (Å²) in [6.07, 6.45) is 20.7. The van der Waals surface area contributed by atoms with Crippen LogP contribution in [0.1, 0.15) is 110 Å².